The lowest BCUT2D eigenvalue weighted by Crippen LogP contribution is -2.36. The fourth-order valence-corrected chi connectivity index (χ4v) is 5.36. The first-order valence-electron chi connectivity index (χ1n) is 9.05. The minimum absolute atomic E-state index is 0.00815. The molecule has 0 radical (unpaired) electrons. The van der Waals surface area contributed by atoms with E-state index >= 15 is 0 Å². The minimum atomic E-state index is -0.00815. The summed E-state index contributed by atoms with van der Waals surface area (Å²) >= 11 is 4.39. The quantitative estimate of drug-likeness (QED) is 0.430. The summed E-state index contributed by atoms with van der Waals surface area (Å²) in [4.78, 5) is 14.7. The Balaban J connectivity index is 1.77. The summed E-state index contributed by atoms with van der Waals surface area (Å²) in [6, 6.07) is 9.73. The molecule has 0 saturated carbocycles. The van der Waals surface area contributed by atoms with Crippen LogP contribution in [0.5, 0.6) is 0 Å². The van der Waals surface area contributed by atoms with Gasteiger partial charge in [0.05, 0.1) is 18.9 Å². The molecule has 150 valence electrons. The fraction of sp³-hybridized carbons (Fsp3) is 0.190. The molecule has 3 heterocycles. The molecule has 1 fully saturated rings. The van der Waals surface area contributed by atoms with E-state index in [0.717, 1.165) is 29.9 Å². The largest absolute Gasteiger partial charge is 0.439 e. The Morgan fingerprint density at radius 1 is 1.14 bits per heavy atom. The van der Waals surface area contributed by atoms with Crippen LogP contribution in [0.25, 0.3) is 21.4 Å². The molecule has 2 aromatic heterocycles. The predicted octanol–water partition coefficient (Wildman–Crippen LogP) is 5.75. The molecule has 0 spiro atoms. The maximum Gasteiger partial charge on any atom is 0.204 e. The van der Waals surface area contributed by atoms with Crippen LogP contribution >= 0.6 is 35.2 Å². The van der Waals surface area contributed by atoms with E-state index in [-0.39, 0.29) is 5.43 Å². The van der Waals surface area contributed by atoms with Gasteiger partial charge in [0.25, 0.3) is 0 Å². The number of ether oxygens (including phenoxy) is 1. The zero-order valence-electron chi connectivity index (χ0n) is 15.7. The van der Waals surface area contributed by atoms with Crippen molar-refractivity contribution in [3.05, 3.63) is 69.9 Å². The van der Waals surface area contributed by atoms with Gasteiger partial charge >= 0.3 is 0 Å². The number of nitrogens with zero attached hydrogens (tertiary/aromatic N) is 2. The van der Waals surface area contributed by atoms with Crippen molar-refractivity contribution in [2.45, 2.75) is 0 Å². The number of thiophene rings is 1. The maximum absolute atomic E-state index is 12.7. The van der Waals surface area contributed by atoms with Crippen LogP contribution in [0.4, 0.5) is 11.6 Å². The average Bonchev–Trinajstić information content (AvgIpc) is 3.19. The lowest BCUT2D eigenvalue weighted by atomic mass is 10.1. The number of benzene rings is 1. The molecule has 0 bridgehead atoms. The van der Waals surface area contributed by atoms with Crippen molar-refractivity contribution in [3.63, 3.8) is 0 Å². The van der Waals surface area contributed by atoms with Crippen LogP contribution in [0, 0.1) is 0 Å². The fourth-order valence-electron chi connectivity index (χ4n) is 3.14. The summed E-state index contributed by atoms with van der Waals surface area (Å²) in [6.45, 7) is 10.3. The molecule has 0 N–H and O–H groups in total. The average molecular weight is 445 g/mol. The van der Waals surface area contributed by atoms with Gasteiger partial charge in [-0.2, -0.15) is 0 Å². The first-order chi connectivity index (χ1) is 14.2. The van der Waals surface area contributed by atoms with E-state index in [0.29, 0.717) is 29.4 Å². The SMILES string of the molecule is C=CSN(SC=C)c1cccc(-c2csc3c(=O)cc(N4CCOCC4)oc23)c1. The van der Waals surface area contributed by atoms with Crippen molar-refractivity contribution in [1.82, 2.24) is 0 Å². The Morgan fingerprint density at radius 3 is 2.62 bits per heavy atom. The highest BCUT2D eigenvalue weighted by Gasteiger charge is 2.19. The third kappa shape index (κ3) is 4.25. The molecule has 1 aliphatic heterocycles. The zero-order valence-corrected chi connectivity index (χ0v) is 18.2. The van der Waals surface area contributed by atoms with Crippen molar-refractivity contribution in [3.8, 4) is 11.1 Å². The van der Waals surface area contributed by atoms with Gasteiger partial charge in [0.1, 0.15) is 4.70 Å². The zero-order chi connectivity index (χ0) is 20.2. The summed E-state index contributed by atoms with van der Waals surface area (Å²) in [6.07, 6.45) is 0. The molecule has 29 heavy (non-hydrogen) atoms. The van der Waals surface area contributed by atoms with Gasteiger partial charge in [0.15, 0.2) is 11.5 Å². The van der Waals surface area contributed by atoms with Gasteiger partial charge < -0.3 is 14.1 Å². The van der Waals surface area contributed by atoms with Gasteiger partial charge in [0.2, 0.25) is 5.43 Å². The molecule has 3 aromatic rings. The Bertz CT molecular complexity index is 1080. The van der Waals surface area contributed by atoms with Crippen LogP contribution in [-0.4, -0.2) is 26.3 Å². The monoisotopic (exact) mass is 444 g/mol. The summed E-state index contributed by atoms with van der Waals surface area (Å²) < 4.78 is 14.3. The Kier molecular flexibility index (Phi) is 6.34. The highest BCUT2D eigenvalue weighted by atomic mass is 32.2. The maximum atomic E-state index is 12.7. The van der Waals surface area contributed by atoms with Crippen molar-refractivity contribution in [2.75, 3.05) is 34.9 Å². The Hall–Kier alpha value is -2.13. The smallest absolute Gasteiger partial charge is 0.204 e. The Labute approximate surface area is 181 Å². The molecular formula is C21H20N2O3S3. The van der Waals surface area contributed by atoms with Gasteiger partial charge in [-0.05, 0) is 52.4 Å². The van der Waals surface area contributed by atoms with Crippen molar-refractivity contribution in [2.24, 2.45) is 0 Å². The Morgan fingerprint density at radius 2 is 1.90 bits per heavy atom. The van der Waals surface area contributed by atoms with Gasteiger partial charge in [-0.1, -0.05) is 25.3 Å². The summed E-state index contributed by atoms with van der Waals surface area (Å²) in [7, 11) is 0. The second kappa shape index (κ2) is 9.13. The standard InChI is InChI=1S/C21H20N2O3S3/c1-3-28-23(29-4-2)16-7-5-6-15(12-16)17-14-27-21-18(24)13-19(26-20(17)21)22-8-10-25-11-9-22/h3-7,12-14H,1-2,8-11H2. The van der Waals surface area contributed by atoms with Crippen LogP contribution in [0.2, 0.25) is 0 Å². The molecule has 5 nitrogen and oxygen atoms in total. The molecule has 0 amide bonds. The van der Waals surface area contributed by atoms with E-state index in [9.17, 15) is 4.79 Å². The summed E-state index contributed by atoms with van der Waals surface area (Å²) in [5, 5.41) is 5.54. The highest BCUT2D eigenvalue weighted by Crippen LogP contribution is 2.38. The van der Waals surface area contributed by atoms with Crippen LogP contribution in [0.3, 0.4) is 0 Å². The molecule has 0 unspecified atom stereocenters. The van der Waals surface area contributed by atoms with E-state index in [2.05, 4.69) is 24.1 Å². The lowest BCUT2D eigenvalue weighted by Gasteiger charge is -2.27. The second-order valence-electron chi connectivity index (χ2n) is 6.21. The number of anilines is 2. The third-order valence-corrected chi connectivity index (χ3v) is 7.06. The third-order valence-electron chi connectivity index (χ3n) is 4.46. The van der Waals surface area contributed by atoms with Gasteiger partial charge in [-0.25, -0.2) is 0 Å². The van der Waals surface area contributed by atoms with Gasteiger partial charge in [-0.3, -0.25) is 8.51 Å². The molecule has 0 atom stereocenters. The van der Waals surface area contributed by atoms with Crippen LogP contribution in [-0.2, 0) is 4.74 Å². The number of rotatable bonds is 7. The molecule has 8 heteroatoms. The van der Waals surface area contributed by atoms with Crippen molar-refractivity contribution in [1.29, 1.82) is 0 Å². The number of fused-ring (bicyclic) bond motifs is 1. The van der Waals surface area contributed by atoms with E-state index in [1.54, 1.807) is 16.9 Å². The number of hydrogen-bond acceptors (Lipinski definition) is 8. The predicted molar refractivity (Wildman–Crippen MR) is 127 cm³/mol. The van der Waals surface area contributed by atoms with Crippen molar-refractivity contribution >= 4 is 57.1 Å². The van der Waals surface area contributed by atoms with Crippen molar-refractivity contribution < 1.29 is 9.15 Å². The van der Waals surface area contributed by atoms with Crippen LogP contribution in [0.1, 0.15) is 0 Å². The lowest BCUT2D eigenvalue weighted by molar-refractivity contribution is 0.121. The van der Waals surface area contributed by atoms with E-state index in [1.807, 2.05) is 27.3 Å². The molecule has 4 rings (SSSR count). The van der Waals surface area contributed by atoms with E-state index in [1.165, 1.54) is 35.2 Å². The molecule has 1 saturated heterocycles. The number of hydrogen-bond donors (Lipinski definition) is 0. The minimum Gasteiger partial charge on any atom is -0.439 e. The molecular weight excluding hydrogens is 424 g/mol. The first kappa shape index (κ1) is 20.2. The van der Waals surface area contributed by atoms with E-state index < -0.39 is 0 Å². The summed E-state index contributed by atoms with van der Waals surface area (Å²) in [5.41, 5.74) is 3.55. The first-order valence-corrected chi connectivity index (χ1v) is 11.6. The molecule has 1 aliphatic rings. The van der Waals surface area contributed by atoms with Crippen LogP contribution in [0.15, 0.2) is 68.9 Å². The second-order valence-corrected chi connectivity index (χ2v) is 9.14. The highest BCUT2D eigenvalue weighted by molar-refractivity contribution is 8.20. The molecule has 1 aromatic carbocycles. The van der Waals surface area contributed by atoms with Crippen LogP contribution < -0.4 is 14.0 Å². The number of morpholine rings is 1. The summed E-state index contributed by atoms with van der Waals surface area (Å²) in [5.74, 6) is 0.604. The van der Waals surface area contributed by atoms with Gasteiger partial charge in [0, 0.05) is 30.1 Å². The topological polar surface area (TPSA) is 45.9 Å². The van der Waals surface area contributed by atoms with E-state index in [4.69, 9.17) is 9.15 Å². The van der Waals surface area contributed by atoms with Gasteiger partial charge in [-0.15, -0.1) is 11.3 Å². The molecule has 0 aliphatic carbocycles. The normalized spacial score (nSPS) is 14.1.